The number of nitrogens with zero attached hydrogens (tertiary/aromatic N) is 4. The Morgan fingerprint density at radius 3 is 3.04 bits per heavy atom. The zero-order chi connectivity index (χ0) is 16.7. The molecule has 1 saturated carbocycles. The van der Waals surface area contributed by atoms with Gasteiger partial charge in [0.2, 0.25) is 5.95 Å². The Hall–Kier alpha value is -2.68. The smallest absolute Gasteiger partial charge is 0.268 e. The van der Waals surface area contributed by atoms with E-state index in [1.807, 2.05) is 29.5 Å². The van der Waals surface area contributed by atoms with Crippen LogP contribution in [0.25, 0.3) is 10.2 Å². The fourth-order valence-electron chi connectivity index (χ4n) is 2.46. The lowest BCUT2D eigenvalue weighted by Gasteiger charge is -2.18. The summed E-state index contributed by atoms with van der Waals surface area (Å²) in [6, 6.07) is 4.19. The van der Waals surface area contributed by atoms with E-state index < -0.39 is 0 Å². The highest BCUT2D eigenvalue weighted by Gasteiger charge is 2.22. The topological polar surface area (TPSA) is 113 Å². The predicted octanol–water partition coefficient (Wildman–Crippen LogP) is 1.57. The molecule has 124 valence electrons. The van der Waals surface area contributed by atoms with Crippen molar-refractivity contribution in [1.82, 2.24) is 19.9 Å². The average molecular weight is 343 g/mol. The number of hydrogen-bond donors (Lipinski definition) is 3. The highest BCUT2D eigenvalue weighted by atomic mass is 32.1. The first-order chi connectivity index (χ1) is 11.6. The number of aromatic amines is 1. The van der Waals surface area contributed by atoms with Gasteiger partial charge in [0, 0.05) is 19.2 Å². The number of rotatable bonds is 5. The Balaban J connectivity index is 1.59. The van der Waals surface area contributed by atoms with Crippen molar-refractivity contribution in [2.45, 2.75) is 25.4 Å². The molecule has 0 aromatic carbocycles. The number of fused-ring (bicyclic) bond motifs is 1. The lowest BCUT2D eigenvalue weighted by Crippen LogP contribution is -2.23. The van der Waals surface area contributed by atoms with Crippen molar-refractivity contribution in [3.05, 3.63) is 33.7 Å². The van der Waals surface area contributed by atoms with Gasteiger partial charge in [-0.1, -0.05) is 0 Å². The number of anilines is 3. The van der Waals surface area contributed by atoms with Crippen molar-refractivity contribution >= 4 is 39.1 Å². The van der Waals surface area contributed by atoms with Crippen LogP contribution in [-0.4, -0.2) is 33.0 Å². The zero-order valence-corrected chi connectivity index (χ0v) is 13.9. The van der Waals surface area contributed by atoms with Crippen molar-refractivity contribution in [2.75, 3.05) is 23.0 Å². The molecule has 0 amide bonds. The number of thiophene rings is 1. The Labute approximate surface area is 141 Å². The Morgan fingerprint density at radius 1 is 1.42 bits per heavy atom. The normalized spacial score (nSPS) is 14.0. The first kappa shape index (κ1) is 14.9. The van der Waals surface area contributed by atoms with Crippen LogP contribution in [0.2, 0.25) is 0 Å². The van der Waals surface area contributed by atoms with Crippen LogP contribution in [0.15, 0.2) is 22.3 Å². The molecule has 0 saturated heterocycles. The summed E-state index contributed by atoms with van der Waals surface area (Å²) >= 11 is 1.39. The molecular formula is C15H17N7OS. The van der Waals surface area contributed by atoms with Crippen LogP contribution < -0.4 is 21.5 Å². The minimum absolute atomic E-state index is 0.114. The van der Waals surface area contributed by atoms with E-state index in [2.05, 4.69) is 25.3 Å². The van der Waals surface area contributed by atoms with Crippen LogP contribution in [0.5, 0.6) is 0 Å². The summed E-state index contributed by atoms with van der Waals surface area (Å²) in [7, 11) is 1.88. The van der Waals surface area contributed by atoms with Gasteiger partial charge in [-0.25, -0.2) is 4.98 Å². The zero-order valence-electron chi connectivity index (χ0n) is 13.1. The van der Waals surface area contributed by atoms with Crippen LogP contribution in [0.4, 0.5) is 17.6 Å². The standard InChI is InChI=1S/C15H17N7OS/c1-22(7-11-18-9-4-5-24-13(9)14(23)19-11)12-6-10(17-8-2-3-8)20-15(16)21-12/h4-6,8H,2-3,7H2,1H3,(H,18,19,23)(H3,16,17,20,21). The van der Waals surface area contributed by atoms with Gasteiger partial charge in [-0.3, -0.25) is 4.79 Å². The van der Waals surface area contributed by atoms with E-state index in [9.17, 15) is 4.79 Å². The van der Waals surface area contributed by atoms with Crippen molar-refractivity contribution in [3.63, 3.8) is 0 Å². The number of H-pyrrole nitrogens is 1. The SMILES string of the molecule is CN(Cc1nc2ccsc2c(=O)[nH]1)c1cc(NC2CC2)nc(N)n1. The van der Waals surface area contributed by atoms with E-state index >= 15 is 0 Å². The molecule has 0 aliphatic heterocycles. The molecule has 0 radical (unpaired) electrons. The molecule has 4 rings (SSSR count). The Kier molecular flexibility index (Phi) is 3.57. The molecule has 9 heteroatoms. The summed E-state index contributed by atoms with van der Waals surface area (Å²) < 4.78 is 0.642. The molecule has 1 fully saturated rings. The fraction of sp³-hybridized carbons (Fsp3) is 0.333. The number of nitrogen functional groups attached to an aromatic ring is 1. The van der Waals surface area contributed by atoms with E-state index in [-0.39, 0.29) is 11.5 Å². The third-order valence-corrected chi connectivity index (χ3v) is 4.70. The molecule has 1 aliphatic rings. The van der Waals surface area contributed by atoms with Crippen molar-refractivity contribution < 1.29 is 0 Å². The third-order valence-electron chi connectivity index (χ3n) is 3.80. The van der Waals surface area contributed by atoms with Crippen LogP contribution in [0.3, 0.4) is 0 Å². The summed E-state index contributed by atoms with van der Waals surface area (Å²) in [6.45, 7) is 0.417. The van der Waals surface area contributed by atoms with Gasteiger partial charge < -0.3 is 20.9 Å². The molecule has 1 aliphatic carbocycles. The summed E-state index contributed by atoms with van der Waals surface area (Å²) in [4.78, 5) is 29.7. The van der Waals surface area contributed by atoms with E-state index in [0.29, 0.717) is 34.4 Å². The van der Waals surface area contributed by atoms with Gasteiger partial charge in [0.15, 0.2) is 0 Å². The van der Waals surface area contributed by atoms with Gasteiger partial charge in [0.1, 0.15) is 22.2 Å². The molecule has 0 spiro atoms. The molecule has 0 bridgehead atoms. The highest BCUT2D eigenvalue weighted by molar-refractivity contribution is 7.17. The maximum Gasteiger partial charge on any atom is 0.268 e. The predicted molar refractivity (Wildman–Crippen MR) is 95.4 cm³/mol. The minimum atomic E-state index is -0.114. The van der Waals surface area contributed by atoms with E-state index in [0.717, 1.165) is 18.7 Å². The number of nitrogens with one attached hydrogen (secondary N) is 2. The van der Waals surface area contributed by atoms with Crippen molar-refractivity contribution in [1.29, 1.82) is 0 Å². The second kappa shape index (κ2) is 5.75. The van der Waals surface area contributed by atoms with Gasteiger partial charge in [-0.05, 0) is 24.3 Å². The van der Waals surface area contributed by atoms with Crippen LogP contribution >= 0.6 is 11.3 Å². The molecule has 4 N–H and O–H groups in total. The third kappa shape index (κ3) is 3.02. The second-order valence-corrected chi connectivity index (χ2v) is 6.81. The summed E-state index contributed by atoms with van der Waals surface area (Å²) in [5, 5.41) is 5.18. The van der Waals surface area contributed by atoms with Crippen LogP contribution in [0, 0.1) is 0 Å². The van der Waals surface area contributed by atoms with Crippen molar-refractivity contribution in [3.8, 4) is 0 Å². The summed E-state index contributed by atoms with van der Waals surface area (Å²) in [5.41, 5.74) is 6.41. The molecule has 8 nitrogen and oxygen atoms in total. The Morgan fingerprint density at radius 2 is 2.25 bits per heavy atom. The molecular weight excluding hydrogens is 326 g/mol. The molecule has 0 atom stereocenters. The van der Waals surface area contributed by atoms with Gasteiger partial charge in [0.05, 0.1) is 12.1 Å². The average Bonchev–Trinajstić information content (AvgIpc) is 3.20. The maximum absolute atomic E-state index is 12.1. The maximum atomic E-state index is 12.1. The van der Waals surface area contributed by atoms with Gasteiger partial charge >= 0.3 is 0 Å². The lowest BCUT2D eigenvalue weighted by atomic mass is 10.4. The summed E-state index contributed by atoms with van der Waals surface area (Å²) in [6.07, 6.45) is 2.31. The number of aromatic nitrogens is 4. The van der Waals surface area contributed by atoms with Crippen molar-refractivity contribution in [2.24, 2.45) is 0 Å². The molecule has 3 aromatic heterocycles. The monoisotopic (exact) mass is 343 g/mol. The van der Waals surface area contributed by atoms with E-state index in [1.54, 1.807) is 0 Å². The quantitative estimate of drug-likeness (QED) is 0.644. The number of nitrogens with two attached hydrogens (primary N) is 1. The van der Waals surface area contributed by atoms with Crippen LogP contribution in [0.1, 0.15) is 18.7 Å². The van der Waals surface area contributed by atoms with E-state index in [1.165, 1.54) is 11.3 Å². The van der Waals surface area contributed by atoms with Gasteiger partial charge in [0.25, 0.3) is 5.56 Å². The summed E-state index contributed by atoms with van der Waals surface area (Å²) in [5.74, 6) is 2.21. The molecule has 3 heterocycles. The molecule has 24 heavy (non-hydrogen) atoms. The van der Waals surface area contributed by atoms with Gasteiger partial charge in [-0.2, -0.15) is 9.97 Å². The first-order valence-corrected chi connectivity index (χ1v) is 8.55. The molecule has 0 unspecified atom stereocenters. The lowest BCUT2D eigenvalue weighted by molar-refractivity contribution is 0.825. The molecule has 3 aromatic rings. The fourth-order valence-corrected chi connectivity index (χ4v) is 3.19. The second-order valence-electron chi connectivity index (χ2n) is 5.89. The van der Waals surface area contributed by atoms with Gasteiger partial charge in [-0.15, -0.1) is 11.3 Å². The largest absolute Gasteiger partial charge is 0.368 e. The first-order valence-electron chi connectivity index (χ1n) is 7.67. The minimum Gasteiger partial charge on any atom is -0.368 e. The Bertz CT molecular complexity index is 946. The number of hydrogen-bond acceptors (Lipinski definition) is 8. The van der Waals surface area contributed by atoms with Crippen LogP contribution in [-0.2, 0) is 6.54 Å². The van der Waals surface area contributed by atoms with E-state index in [4.69, 9.17) is 5.73 Å². The highest BCUT2D eigenvalue weighted by Crippen LogP contribution is 2.26.